The lowest BCUT2D eigenvalue weighted by Gasteiger charge is -2.17. The van der Waals surface area contributed by atoms with E-state index in [0.29, 0.717) is 6.04 Å². The second-order valence-electron chi connectivity index (χ2n) is 3.99. The lowest BCUT2D eigenvalue weighted by Crippen LogP contribution is -2.33. The van der Waals surface area contributed by atoms with Gasteiger partial charge in [0.1, 0.15) is 0 Å². The molecule has 0 fully saturated rings. The first kappa shape index (κ1) is 14.6. The molecule has 0 radical (unpaired) electrons. The van der Waals surface area contributed by atoms with Crippen LogP contribution in [0.2, 0.25) is 0 Å². The molecule has 0 saturated heterocycles. The molecule has 0 saturated carbocycles. The monoisotopic (exact) mass is 237 g/mol. The summed E-state index contributed by atoms with van der Waals surface area (Å²) in [6.45, 7) is 7.80. The van der Waals surface area contributed by atoms with Gasteiger partial charge in [-0.3, -0.25) is 0 Å². The van der Waals surface area contributed by atoms with Gasteiger partial charge in [-0.15, -0.1) is 11.6 Å². The Morgan fingerprint density at radius 3 is 2.57 bits per heavy atom. The molecule has 1 N–H and O–H groups in total. The average molecular weight is 238 g/mol. The summed E-state index contributed by atoms with van der Waals surface area (Å²) in [5.74, 6) is 3.96. The molecule has 0 aromatic heterocycles. The highest BCUT2D eigenvalue weighted by Crippen LogP contribution is 2.06. The Morgan fingerprint density at radius 2 is 2.07 bits per heavy atom. The first-order valence-electron chi connectivity index (χ1n) is 5.57. The van der Waals surface area contributed by atoms with Crippen LogP contribution < -0.4 is 5.32 Å². The summed E-state index contributed by atoms with van der Waals surface area (Å²) < 4.78 is 0. The predicted molar refractivity (Wildman–Crippen MR) is 69.6 cm³/mol. The number of rotatable bonds is 9. The molecule has 1 nitrogen and oxygen atoms in total. The van der Waals surface area contributed by atoms with E-state index in [1.165, 1.54) is 24.3 Å². The minimum absolute atomic E-state index is 0.503. The maximum Gasteiger partial charge on any atom is 0.0377 e. The highest BCUT2D eigenvalue weighted by molar-refractivity contribution is 7.99. The van der Waals surface area contributed by atoms with Crippen LogP contribution in [0.15, 0.2) is 0 Å². The highest BCUT2D eigenvalue weighted by atomic mass is 35.5. The molecular formula is C11H24ClNS. The van der Waals surface area contributed by atoms with Gasteiger partial charge < -0.3 is 5.32 Å². The van der Waals surface area contributed by atoms with Crippen molar-refractivity contribution >= 4 is 23.4 Å². The molecule has 1 unspecified atom stereocenters. The van der Waals surface area contributed by atoms with Crippen LogP contribution in [0.3, 0.4) is 0 Å². The quantitative estimate of drug-likeness (QED) is 0.488. The summed E-state index contributed by atoms with van der Waals surface area (Å²) in [6.07, 6.45) is 2.44. The van der Waals surface area contributed by atoms with Crippen molar-refractivity contribution in [2.24, 2.45) is 5.92 Å². The maximum atomic E-state index is 5.88. The molecule has 0 heterocycles. The van der Waals surface area contributed by atoms with E-state index < -0.39 is 0 Å². The van der Waals surface area contributed by atoms with E-state index >= 15 is 0 Å². The fourth-order valence-corrected chi connectivity index (χ4v) is 2.27. The van der Waals surface area contributed by atoms with E-state index in [1.54, 1.807) is 0 Å². The van der Waals surface area contributed by atoms with Crippen molar-refractivity contribution < 1.29 is 0 Å². The zero-order valence-corrected chi connectivity index (χ0v) is 11.3. The molecule has 1 atom stereocenters. The van der Waals surface area contributed by atoms with Crippen LogP contribution in [0.1, 0.15) is 33.6 Å². The summed E-state index contributed by atoms with van der Waals surface area (Å²) in [5, 5.41) is 3.51. The minimum Gasteiger partial charge on any atom is -0.313 e. The van der Waals surface area contributed by atoms with Crippen LogP contribution >= 0.6 is 23.4 Å². The number of nitrogens with one attached hydrogen (secondary N) is 1. The van der Waals surface area contributed by atoms with Crippen molar-refractivity contribution in [1.29, 1.82) is 0 Å². The molecule has 0 amide bonds. The van der Waals surface area contributed by atoms with Crippen molar-refractivity contribution in [3.63, 3.8) is 0 Å². The van der Waals surface area contributed by atoms with E-state index in [9.17, 15) is 0 Å². The number of thioether (sulfide) groups is 1. The fraction of sp³-hybridized carbons (Fsp3) is 1.00. The molecule has 0 aromatic carbocycles. The topological polar surface area (TPSA) is 12.0 Å². The van der Waals surface area contributed by atoms with E-state index in [-0.39, 0.29) is 0 Å². The van der Waals surface area contributed by atoms with Crippen LogP contribution in [0.25, 0.3) is 0 Å². The van der Waals surface area contributed by atoms with Crippen LogP contribution in [0, 0.1) is 5.92 Å². The Balaban J connectivity index is 3.33. The van der Waals surface area contributed by atoms with Crippen LogP contribution in [-0.2, 0) is 0 Å². The van der Waals surface area contributed by atoms with Crippen molar-refractivity contribution in [1.82, 2.24) is 5.32 Å². The summed E-state index contributed by atoms with van der Waals surface area (Å²) in [6, 6.07) is 0.503. The SMILES string of the molecule is CCSCCCNC(CCl)CC(C)C. The van der Waals surface area contributed by atoms with Crippen molar-refractivity contribution in [3.05, 3.63) is 0 Å². The second-order valence-corrected chi connectivity index (χ2v) is 5.69. The average Bonchev–Trinajstić information content (AvgIpc) is 2.15. The van der Waals surface area contributed by atoms with Crippen LogP contribution in [0.5, 0.6) is 0 Å². The third-order valence-corrected chi connectivity index (χ3v) is 3.40. The third kappa shape index (κ3) is 9.17. The van der Waals surface area contributed by atoms with Crippen molar-refractivity contribution in [2.75, 3.05) is 23.9 Å². The fourth-order valence-electron chi connectivity index (χ4n) is 1.39. The standard InChI is InChI=1S/C11H24ClNS/c1-4-14-7-5-6-13-11(9-12)8-10(2)3/h10-11,13H,4-9H2,1-3H3. The van der Waals surface area contributed by atoms with E-state index in [2.05, 4.69) is 26.1 Å². The molecule has 14 heavy (non-hydrogen) atoms. The summed E-state index contributed by atoms with van der Waals surface area (Å²) >= 11 is 7.89. The maximum absolute atomic E-state index is 5.88. The van der Waals surface area contributed by atoms with Gasteiger partial charge in [0, 0.05) is 11.9 Å². The van der Waals surface area contributed by atoms with Gasteiger partial charge in [0.15, 0.2) is 0 Å². The van der Waals surface area contributed by atoms with E-state index in [4.69, 9.17) is 11.6 Å². The normalized spacial score (nSPS) is 13.5. The van der Waals surface area contributed by atoms with E-state index in [0.717, 1.165) is 18.3 Å². The lowest BCUT2D eigenvalue weighted by molar-refractivity contribution is 0.447. The molecule has 0 aliphatic rings. The first-order valence-corrected chi connectivity index (χ1v) is 7.26. The Bertz CT molecular complexity index is 120. The number of halogens is 1. The lowest BCUT2D eigenvalue weighted by atomic mass is 10.1. The van der Waals surface area contributed by atoms with Crippen LogP contribution in [-0.4, -0.2) is 30.0 Å². The molecule has 0 spiro atoms. The van der Waals surface area contributed by atoms with Gasteiger partial charge in [-0.2, -0.15) is 11.8 Å². The zero-order valence-electron chi connectivity index (χ0n) is 9.68. The molecule has 0 bridgehead atoms. The van der Waals surface area contributed by atoms with Gasteiger partial charge in [-0.05, 0) is 36.8 Å². The first-order chi connectivity index (χ1) is 6.70. The Labute approximate surface area is 98.4 Å². The predicted octanol–water partition coefficient (Wildman–Crippen LogP) is 3.37. The molecule has 0 aliphatic heterocycles. The second kappa shape index (κ2) is 10.1. The smallest absolute Gasteiger partial charge is 0.0377 e. The summed E-state index contributed by atoms with van der Waals surface area (Å²) in [4.78, 5) is 0. The van der Waals surface area contributed by atoms with Gasteiger partial charge in [-0.1, -0.05) is 20.8 Å². The Kier molecular flexibility index (Phi) is 10.6. The highest BCUT2D eigenvalue weighted by Gasteiger charge is 2.07. The van der Waals surface area contributed by atoms with E-state index in [1.807, 2.05) is 11.8 Å². The zero-order chi connectivity index (χ0) is 10.8. The van der Waals surface area contributed by atoms with Crippen LogP contribution in [0.4, 0.5) is 0 Å². The summed E-state index contributed by atoms with van der Waals surface area (Å²) in [7, 11) is 0. The number of hydrogen-bond acceptors (Lipinski definition) is 2. The molecule has 0 rings (SSSR count). The van der Waals surface area contributed by atoms with Crippen molar-refractivity contribution in [2.45, 2.75) is 39.7 Å². The van der Waals surface area contributed by atoms with Crippen molar-refractivity contribution in [3.8, 4) is 0 Å². The third-order valence-electron chi connectivity index (χ3n) is 2.04. The molecular weight excluding hydrogens is 214 g/mol. The van der Waals surface area contributed by atoms with Gasteiger partial charge in [-0.25, -0.2) is 0 Å². The Morgan fingerprint density at radius 1 is 1.36 bits per heavy atom. The molecule has 0 aromatic rings. The minimum atomic E-state index is 0.503. The largest absolute Gasteiger partial charge is 0.313 e. The number of hydrogen-bond donors (Lipinski definition) is 1. The van der Waals surface area contributed by atoms with Gasteiger partial charge in [0.2, 0.25) is 0 Å². The van der Waals surface area contributed by atoms with Gasteiger partial charge >= 0.3 is 0 Å². The molecule has 0 aliphatic carbocycles. The molecule has 3 heteroatoms. The summed E-state index contributed by atoms with van der Waals surface area (Å²) in [5.41, 5.74) is 0. The molecule has 86 valence electrons. The van der Waals surface area contributed by atoms with Gasteiger partial charge in [0.25, 0.3) is 0 Å². The Hall–Kier alpha value is 0.600. The van der Waals surface area contributed by atoms with Gasteiger partial charge in [0.05, 0.1) is 0 Å². The number of alkyl halides is 1.